The van der Waals surface area contributed by atoms with E-state index in [4.69, 9.17) is 35.2 Å². The minimum atomic E-state index is -5.13. The lowest BCUT2D eigenvalue weighted by atomic mass is 9.93. The third kappa shape index (κ3) is 6.50. The van der Waals surface area contributed by atoms with Gasteiger partial charge in [0, 0.05) is 0 Å². The summed E-state index contributed by atoms with van der Waals surface area (Å²) in [6.45, 7) is -2.64. The van der Waals surface area contributed by atoms with E-state index in [0.29, 0.717) is 0 Å². The standard InChI is InChI=1S/C22H37N3O18S/c23-10-15(32)17(6(3-27)39-20(10)35)43-22-12(25-9(29)1-8(19(25)34)44(36,37)38)16(33)18(7(4-28)41-22)42-21-11(24)14(31)13(30)5(2-26)40-21/h5-8,10-18,20-22,26-28,30-33,35H,1-4,23-24H2,(H,36,37,38)/t5-,6-,7-,8?,10-,11-,12-,13-,14-,15-,16-,17?,18?,20-,21+,22+/m1/s1. The Hall–Kier alpha value is -1.55. The summed E-state index contributed by atoms with van der Waals surface area (Å²) in [5.41, 5.74) is 11.6. The van der Waals surface area contributed by atoms with Gasteiger partial charge in [0.15, 0.2) is 24.1 Å². The predicted octanol–water partition coefficient (Wildman–Crippen LogP) is -8.62. The molecule has 4 saturated heterocycles. The zero-order chi connectivity index (χ0) is 32.8. The van der Waals surface area contributed by atoms with Crippen molar-refractivity contribution in [3.05, 3.63) is 0 Å². The molecule has 0 saturated carbocycles. The van der Waals surface area contributed by atoms with Crippen LogP contribution >= 0.6 is 0 Å². The molecule has 22 heteroatoms. The number of imide groups is 1. The molecule has 0 radical (unpaired) electrons. The van der Waals surface area contributed by atoms with Gasteiger partial charge in [0.2, 0.25) is 5.91 Å². The Morgan fingerprint density at radius 1 is 0.750 bits per heavy atom. The fourth-order valence-electron chi connectivity index (χ4n) is 5.58. The first-order chi connectivity index (χ1) is 20.6. The van der Waals surface area contributed by atoms with Crippen LogP contribution in [0.2, 0.25) is 0 Å². The SMILES string of the molecule is N[C@H]1[C@H](OC2[C@@H](CO)O[C@@H](OC3[C@@H](CO)O[C@@H](O)[C@H](N)[C@H]3O)[C@H](N3C(=O)CC(S(=O)(=O)O)C3=O)[C@H]2O)O[C@H](CO)[C@@H](O)[C@@H]1O. The fraction of sp³-hybridized carbons (Fsp3) is 0.909. The van der Waals surface area contributed by atoms with Gasteiger partial charge < -0.3 is 76.0 Å². The maximum absolute atomic E-state index is 13.1. The second kappa shape index (κ2) is 13.7. The number of carbonyl (C=O) groups excluding carboxylic acids is 2. The van der Waals surface area contributed by atoms with E-state index in [1.165, 1.54) is 0 Å². The highest BCUT2D eigenvalue weighted by Gasteiger charge is 2.59. The van der Waals surface area contributed by atoms with E-state index in [1.807, 2.05) is 0 Å². The first kappa shape index (κ1) is 35.3. The Morgan fingerprint density at radius 2 is 1.27 bits per heavy atom. The number of nitrogens with two attached hydrogens (primary N) is 2. The van der Waals surface area contributed by atoms with Crippen LogP contribution in [0.3, 0.4) is 0 Å². The van der Waals surface area contributed by atoms with E-state index in [1.54, 1.807) is 0 Å². The van der Waals surface area contributed by atoms with Crippen molar-refractivity contribution in [2.45, 2.75) is 104 Å². The summed E-state index contributed by atoms with van der Waals surface area (Å²) in [7, 11) is -5.13. The van der Waals surface area contributed by atoms with Crippen molar-refractivity contribution < 1.29 is 87.1 Å². The van der Waals surface area contributed by atoms with Gasteiger partial charge in [0.1, 0.15) is 61.0 Å². The summed E-state index contributed by atoms with van der Waals surface area (Å²) in [5.74, 6) is -2.73. The van der Waals surface area contributed by atoms with Crippen molar-refractivity contribution in [3.8, 4) is 0 Å². The molecule has 16 atom stereocenters. The molecule has 0 bridgehead atoms. The van der Waals surface area contributed by atoms with Gasteiger partial charge in [0.25, 0.3) is 16.0 Å². The third-order valence-corrected chi connectivity index (χ3v) is 9.14. The molecule has 0 aromatic carbocycles. The molecule has 0 spiro atoms. The normalized spacial score (nSPS) is 47.3. The smallest absolute Gasteiger partial charge is 0.277 e. The van der Waals surface area contributed by atoms with Gasteiger partial charge in [-0.05, 0) is 0 Å². The average molecular weight is 664 g/mol. The van der Waals surface area contributed by atoms with Gasteiger partial charge in [-0.1, -0.05) is 0 Å². The molecule has 4 aliphatic heterocycles. The zero-order valence-corrected chi connectivity index (χ0v) is 23.6. The van der Waals surface area contributed by atoms with Crippen molar-refractivity contribution in [2.75, 3.05) is 19.8 Å². The van der Waals surface area contributed by atoms with Gasteiger partial charge in [-0.3, -0.25) is 19.0 Å². The van der Waals surface area contributed by atoms with Crippen LogP contribution in [-0.2, 0) is 43.4 Å². The van der Waals surface area contributed by atoms with Crippen molar-refractivity contribution in [1.29, 1.82) is 0 Å². The van der Waals surface area contributed by atoms with Gasteiger partial charge in [0.05, 0.1) is 38.3 Å². The largest absolute Gasteiger partial charge is 0.394 e. The molecule has 4 aliphatic rings. The summed E-state index contributed by atoms with van der Waals surface area (Å²) < 4.78 is 60.9. The Labute approximate surface area is 249 Å². The first-order valence-electron chi connectivity index (χ1n) is 13.4. The maximum Gasteiger partial charge on any atom is 0.277 e. The Kier molecular flexibility index (Phi) is 11.0. The molecule has 4 fully saturated rings. The number of ether oxygens (including phenoxy) is 5. The Balaban J connectivity index is 1.71. The van der Waals surface area contributed by atoms with Crippen LogP contribution in [0.25, 0.3) is 0 Å². The van der Waals surface area contributed by atoms with E-state index in [-0.39, 0.29) is 4.90 Å². The lowest BCUT2D eigenvalue weighted by molar-refractivity contribution is -0.355. The molecule has 44 heavy (non-hydrogen) atoms. The molecule has 0 aromatic rings. The molecule has 0 aromatic heterocycles. The molecule has 2 amide bonds. The van der Waals surface area contributed by atoms with Crippen LogP contribution in [0.4, 0.5) is 0 Å². The third-order valence-electron chi connectivity index (χ3n) is 8.05. The zero-order valence-electron chi connectivity index (χ0n) is 22.8. The van der Waals surface area contributed by atoms with Crippen molar-refractivity contribution in [1.82, 2.24) is 4.90 Å². The van der Waals surface area contributed by atoms with Gasteiger partial charge >= 0.3 is 0 Å². The summed E-state index contributed by atoms with van der Waals surface area (Å²) in [4.78, 5) is 26.3. The number of carbonyl (C=O) groups is 2. The van der Waals surface area contributed by atoms with Crippen molar-refractivity contribution in [3.63, 3.8) is 0 Å². The van der Waals surface area contributed by atoms with Gasteiger partial charge in [-0.15, -0.1) is 0 Å². The number of amides is 2. The Morgan fingerprint density at radius 3 is 1.82 bits per heavy atom. The highest BCUT2D eigenvalue weighted by molar-refractivity contribution is 7.87. The summed E-state index contributed by atoms with van der Waals surface area (Å²) in [6, 6.07) is -5.07. The number of nitrogens with zero attached hydrogens (tertiary/aromatic N) is 1. The maximum atomic E-state index is 13.1. The van der Waals surface area contributed by atoms with Crippen LogP contribution in [0.15, 0.2) is 0 Å². The molecule has 3 unspecified atom stereocenters. The number of aliphatic hydroxyl groups is 8. The molecule has 21 nitrogen and oxygen atoms in total. The van der Waals surface area contributed by atoms with E-state index in [9.17, 15) is 63.4 Å². The number of rotatable bonds is 9. The minimum Gasteiger partial charge on any atom is -0.394 e. The van der Waals surface area contributed by atoms with Crippen molar-refractivity contribution in [2.24, 2.45) is 11.5 Å². The number of hydrogen-bond donors (Lipinski definition) is 11. The molecule has 254 valence electrons. The van der Waals surface area contributed by atoms with Gasteiger partial charge in [-0.25, -0.2) is 0 Å². The molecule has 0 aliphatic carbocycles. The highest BCUT2D eigenvalue weighted by atomic mass is 32.2. The van der Waals surface area contributed by atoms with Crippen LogP contribution in [0.1, 0.15) is 6.42 Å². The van der Waals surface area contributed by atoms with Gasteiger partial charge in [-0.2, -0.15) is 8.42 Å². The van der Waals surface area contributed by atoms with Crippen LogP contribution in [0, 0.1) is 0 Å². The van der Waals surface area contributed by atoms with Crippen LogP contribution in [-0.4, -0.2) is 188 Å². The monoisotopic (exact) mass is 663 g/mol. The molecule has 4 rings (SSSR count). The second-order valence-electron chi connectivity index (χ2n) is 10.8. The number of likely N-dealkylation sites (tertiary alicyclic amines) is 1. The lowest BCUT2D eigenvalue weighted by Gasteiger charge is -2.50. The summed E-state index contributed by atoms with van der Waals surface area (Å²) in [6.07, 6.45) is -21.9. The lowest BCUT2D eigenvalue weighted by Crippen LogP contribution is -2.71. The average Bonchev–Trinajstić information content (AvgIpc) is 3.28. The molecular weight excluding hydrogens is 626 g/mol. The van der Waals surface area contributed by atoms with Crippen molar-refractivity contribution >= 4 is 21.9 Å². The van der Waals surface area contributed by atoms with E-state index >= 15 is 0 Å². The quantitative estimate of drug-likeness (QED) is 0.0805. The molecular formula is C22H37N3O18S. The number of hydrogen-bond acceptors (Lipinski definition) is 19. The highest BCUT2D eigenvalue weighted by Crippen LogP contribution is 2.36. The second-order valence-corrected chi connectivity index (χ2v) is 12.4. The van der Waals surface area contributed by atoms with E-state index in [2.05, 4.69) is 0 Å². The van der Waals surface area contributed by atoms with E-state index in [0.717, 1.165) is 0 Å². The van der Waals surface area contributed by atoms with Crippen LogP contribution in [0.5, 0.6) is 0 Å². The summed E-state index contributed by atoms with van der Waals surface area (Å²) in [5, 5.41) is 79.7. The fourth-order valence-corrected chi connectivity index (χ4v) is 6.30. The predicted molar refractivity (Wildman–Crippen MR) is 135 cm³/mol. The molecule has 13 N–H and O–H groups in total. The first-order valence-corrected chi connectivity index (χ1v) is 14.9. The van der Waals surface area contributed by atoms with E-state index < -0.39 is 145 Å². The number of aliphatic hydroxyl groups excluding tert-OH is 8. The topological polar surface area (TPSA) is 352 Å². The summed E-state index contributed by atoms with van der Waals surface area (Å²) >= 11 is 0. The van der Waals surface area contributed by atoms with Crippen LogP contribution < -0.4 is 11.5 Å². The minimum absolute atomic E-state index is 0.229. The molecule has 4 heterocycles. The Bertz CT molecular complexity index is 1150.